The van der Waals surface area contributed by atoms with Gasteiger partial charge in [0.15, 0.2) is 0 Å². The van der Waals surface area contributed by atoms with Crippen LogP contribution >= 0.6 is 0 Å². The van der Waals surface area contributed by atoms with Crippen LogP contribution < -0.4 is 16.1 Å². The fourth-order valence-electron chi connectivity index (χ4n) is 6.11. The summed E-state index contributed by atoms with van der Waals surface area (Å²) in [7, 11) is 0. The molecule has 14 heteroatoms. The van der Waals surface area contributed by atoms with E-state index >= 15 is 0 Å². The maximum Gasteiger partial charge on any atom is 0.401 e. The minimum Gasteiger partial charge on any atom is -0.480 e. The van der Waals surface area contributed by atoms with Crippen LogP contribution in [0.15, 0.2) is 36.4 Å². The van der Waals surface area contributed by atoms with Gasteiger partial charge in [-0.15, -0.1) is 0 Å². The molecule has 3 amide bonds. The Balaban J connectivity index is 1.53. The molecular formula is C34H45F3N6O5. The number of pyridine rings is 1. The van der Waals surface area contributed by atoms with Gasteiger partial charge in [-0.05, 0) is 75.7 Å². The fourth-order valence-corrected chi connectivity index (χ4v) is 6.11. The molecule has 0 aliphatic carbocycles. The standard InChI is InChI=1S/C34H45F3N6O5/c1-5-25-11-10-24-9-8-23(19-27(24)39-25)12-13-33(14-17-42(18-15-33)20-34(35,36)37)32(48)40-28(21(2)3)29(44)38-22(4)30(45)43-16-6-7-26(41-43)31(46)47/h8-13,19,21-22,26,28,41H,5-7,14-18,20H2,1-4H3,(H,38,44)(H,40,48)(H,46,47)/b13-12+. The summed E-state index contributed by atoms with van der Waals surface area (Å²) in [6.45, 7) is 6.22. The van der Waals surface area contributed by atoms with Crippen LogP contribution in [-0.2, 0) is 25.6 Å². The van der Waals surface area contributed by atoms with Crippen molar-refractivity contribution in [3.05, 3.63) is 47.7 Å². The zero-order chi connectivity index (χ0) is 35.2. The van der Waals surface area contributed by atoms with E-state index in [2.05, 4.69) is 21.0 Å². The number of benzene rings is 1. The molecule has 11 nitrogen and oxygen atoms in total. The van der Waals surface area contributed by atoms with Gasteiger partial charge < -0.3 is 15.7 Å². The average Bonchev–Trinajstić information content (AvgIpc) is 3.05. The number of nitrogens with one attached hydrogen (secondary N) is 3. The van der Waals surface area contributed by atoms with Gasteiger partial charge in [-0.2, -0.15) is 13.2 Å². The number of alkyl halides is 3. The Morgan fingerprint density at radius 2 is 1.77 bits per heavy atom. The molecule has 48 heavy (non-hydrogen) atoms. The number of carboxylic acid groups (broad SMARTS) is 1. The summed E-state index contributed by atoms with van der Waals surface area (Å²) in [6.07, 6.45) is 0.941. The van der Waals surface area contributed by atoms with Gasteiger partial charge in [0.25, 0.3) is 5.91 Å². The number of rotatable bonds is 11. The number of halogens is 3. The third-order valence-corrected chi connectivity index (χ3v) is 9.05. The van der Waals surface area contributed by atoms with Crippen LogP contribution in [0.25, 0.3) is 17.0 Å². The van der Waals surface area contributed by atoms with Gasteiger partial charge in [-0.3, -0.25) is 34.1 Å². The molecule has 0 bridgehead atoms. The molecule has 2 aliphatic heterocycles. The molecule has 262 valence electrons. The summed E-state index contributed by atoms with van der Waals surface area (Å²) in [5.74, 6) is -3.09. The molecule has 3 atom stereocenters. The van der Waals surface area contributed by atoms with Crippen molar-refractivity contribution in [3.8, 4) is 0 Å². The zero-order valence-corrected chi connectivity index (χ0v) is 27.8. The minimum atomic E-state index is -4.37. The second-order valence-corrected chi connectivity index (χ2v) is 13.1. The summed E-state index contributed by atoms with van der Waals surface area (Å²) in [4.78, 5) is 58.0. The monoisotopic (exact) mass is 674 g/mol. The van der Waals surface area contributed by atoms with Crippen LogP contribution in [0.5, 0.6) is 0 Å². The maximum atomic E-state index is 14.1. The van der Waals surface area contributed by atoms with Gasteiger partial charge in [0.05, 0.1) is 17.5 Å². The molecule has 1 aromatic heterocycles. The Morgan fingerprint density at radius 3 is 2.40 bits per heavy atom. The van der Waals surface area contributed by atoms with Crippen molar-refractivity contribution in [1.29, 1.82) is 0 Å². The van der Waals surface area contributed by atoms with Crippen molar-refractivity contribution >= 4 is 40.7 Å². The Bertz CT molecular complexity index is 1520. The van der Waals surface area contributed by atoms with E-state index < -0.39 is 65.9 Å². The molecule has 0 spiro atoms. The van der Waals surface area contributed by atoms with Gasteiger partial charge in [0.1, 0.15) is 18.1 Å². The smallest absolute Gasteiger partial charge is 0.401 e. The number of aliphatic carboxylic acids is 1. The number of amides is 3. The molecule has 2 fully saturated rings. The molecular weight excluding hydrogens is 629 g/mol. The summed E-state index contributed by atoms with van der Waals surface area (Å²) >= 11 is 0. The van der Waals surface area contributed by atoms with E-state index in [-0.39, 0.29) is 32.5 Å². The SMILES string of the molecule is CCc1ccc2ccc(/C=C/C3(C(=O)NC(C(=O)NC(C)C(=O)N4CCCC(C(=O)O)N4)C(C)C)CCN(CC(F)(F)F)CC3)cc2n1. The second-order valence-electron chi connectivity index (χ2n) is 13.1. The van der Waals surface area contributed by atoms with E-state index in [1.807, 2.05) is 37.3 Å². The number of fused-ring (bicyclic) bond motifs is 1. The van der Waals surface area contributed by atoms with Crippen molar-refractivity contribution in [2.45, 2.75) is 84.1 Å². The molecule has 2 aliphatic rings. The van der Waals surface area contributed by atoms with Crippen LogP contribution in [0.1, 0.15) is 64.6 Å². The minimum absolute atomic E-state index is 0.0284. The Kier molecular flexibility index (Phi) is 11.8. The molecule has 4 N–H and O–H groups in total. The molecule has 3 heterocycles. The molecule has 2 aromatic rings. The van der Waals surface area contributed by atoms with Gasteiger partial charge in [-0.1, -0.05) is 51.1 Å². The number of carbonyl (C=O) groups excluding carboxylic acids is 3. The van der Waals surface area contributed by atoms with E-state index in [4.69, 9.17) is 0 Å². The van der Waals surface area contributed by atoms with E-state index in [1.54, 1.807) is 26.0 Å². The van der Waals surface area contributed by atoms with Crippen molar-refractivity contribution in [3.63, 3.8) is 0 Å². The largest absolute Gasteiger partial charge is 0.480 e. The van der Waals surface area contributed by atoms with Crippen molar-refractivity contribution < 1.29 is 37.5 Å². The summed E-state index contributed by atoms with van der Waals surface area (Å²) < 4.78 is 39.6. The van der Waals surface area contributed by atoms with Gasteiger partial charge >= 0.3 is 12.1 Å². The van der Waals surface area contributed by atoms with Gasteiger partial charge in [-0.25, -0.2) is 5.43 Å². The third kappa shape index (κ3) is 9.31. The summed E-state index contributed by atoms with van der Waals surface area (Å²) in [5, 5.41) is 17.0. The highest BCUT2D eigenvalue weighted by atomic mass is 19.4. The zero-order valence-electron chi connectivity index (χ0n) is 27.8. The van der Waals surface area contributed by atoms with E-state index in [9.17, 15) is 37.5 Å². The Hall–Kier alpha value is -4.04. The lowest BCUT2D eigenvalue weighted by Crippen LogP contribution is -2.61. The average molecular weight is 675 g/mol. The van der Waals surface area contributed by atoms with Crippen LogP contribution in [0, 0.1) is 11.3 Å². The van der Waals surface area contributed by atoms with Crippen LogP contribution in [-0.4, -0.2) is 94.2 Å². The molecule has 0 radical (unpaired) electrons. The number of carbonyl (C=O) groups is 4. The summed E-state index contributed by atoms with van der Waals surface area (Å²) in [5.41, 5.74) is 3.97. The lowest BCUT2D eigenvalue weighted by molar-refractivity contribution is -0.152. The lowest BCUT2D eigenvalue weighted by Gasteiger charge is -2.40. The first-order chi connectivity index (χ1) is 22.6. The van der Waals surface area contributed by atoms with E-state index in [1.165, 1.54) is 16.8 Å². The number of hydrogen-bond acceptors (Lipinski definition) is 7. The number of hydrazine groups is 1. The quantitative estimate of drug-likeness (QED) is 0.283. The normalized spacial score (nSPS) is 20.1. The second kappa shape index (κ2) is 15.5. The number of nitrogens with zero attached hydrogens (tertiary/aromatic N) is 3. The highest BCUT2D eigenvalue weighted by Crippen LogP contribution is 2.36. The number of aromatic nitrogens is 1. The predicted octanol–water partition coefficient (Wildman–Crippen LogP) is 3.68. The van der Waals surface area contributed by atoms with Crippen molar-refractivity contribution in [2.24, 2.45) is 11.3 Å². The molecule has 1 aromatic carbocycles. The highest BCUT2D eigenvalue weighted by Gasteiger charge is 2.43. The number of likely N-dealkylation sites (tertiary alicyclic amines) is 1. The van der Waals surface area contributed by atoms with Crippen LogP contribution in [0.4, 0.5) is 13.2 Å². The first-order valence-corrected chi connectivity index (χ1v) is 16.4. The predicted molar refractivity (Wildman–Crippen MR) is 174 cm³/mol. The topological polar surface area (TPSA) is 144 Å². The van der Waals surface area contributed by atoms with Crippen molar-refractivity contribution in [1.82, 2.24) is 31.0 Å². The number of carboxylic acids is 1. The number of piperidine rings is 1. The van der Waals surface area contributed by atoms with Crippen molar-refractivity contribution in [2.75, 3.05) is 26.2 Å². The molecule has 0 saturated carbocycles. The van der Waals surface area contributed by atoms with Gasteiger partial charge in [0.2, 0.25) is 11.8 Å². The molecule has 3 unspecified atom stereocenters. The maximum absolute atomic E-state index is 14.1. The first kappa shape index (κ1) is 36.8. The first-order valence-electron chi connectivity index (χ1n) is 16.4. The summed E-state index contributed by atoms with van der Waals surface area (Å²) in [6, 6.07) is 6.66. The third-order valence-electron chi connectivity index (χ3n) is 9.05. The number of hydrogen-bond donors (Lipinski definition) is 4. The Morgan fingerprint density at radius 1 is 1.08 bits per heavy atom. The van der Waals surface area contributed by atoms with E-state index in [0.29, 0.717) is 12.8 Å². The number of aryl methyl sites for hydroxylation is 1. The molecule has 4 rings (SSSR count). The molecule has 2 saturated heterocycles. The van der Waals surface area contributed by atoms with Crippen LogP contribution in [0.3, 0.4) is 0 Å². The van der Waals surface area contributed by atoms with E-state index in [0.717, 1.165) is 28.6 Å². The fraction of sp³-hybridized carbons (Fsp3) is 0.559. The van der Waals surface area contributed by atoms with Crippen LogP contribution in [0.2, 0.25) is 0 Å². The lowest BCUT2D eigenvalue weighted by atomic mass is 9.76. The Labute approximate surface area is 278 Å². The highest BCUT2D eigenvalue weighted by molar-refractivity contribution is 5.94. The van der Waals surface area contributed by atoms with Gasteiger partial charge in [0, 0.05) is 17.6 Å².